The molecular weight excluding hydrogens is 217 g/mol. The highest BCUT2D eigenvalue weighted by molar-refractivity contribution is 6.34. The monoisotopic (exact) mass is 245 g/mol. The average Bonchev–Trinajstić information content (AvgIpc) is 2.35. The fourth-order valence-electron chi connectivity index (χ4n) is 1.81. The van der Waals surface area contributed by atoms with E-state index in [2.05, 4.69) is 11.7 Å². The van der Waals surface area contributed by atoms with E-state index in [1.807, 2.05) is 0 Å². The van der Waals surface area contributed by atoms with Gasteiger partial charge < -0.3 is 14.4 Å². The smallest absolute Gasteiger partial charge is 0.401 e. The molecule has 0 aliphatic carbocycles. The van der Waals surface area contributed by atoms with Crippen molar-refractivity contribution in [2.45, 2.75) is 71.1 Å². The summed E-state index contributed by atoms with van der Waals surface area (Å²) >= 11 is 0. The van der Waals surface area contributed by atoms with Crippen molar-refractivity contribution in [1.29, 1.82) is 0 Å². The second-order valence-corrected chi connectivity index (χ2v) is 4.50. The molecule has 0 saturated heterocycles. The Hall–Kier alpha value is -0.0951. The Morgan fingerprint density at radius 1 is 0.882 bits per heavy atom. The Morgan fingerprint density at radius 2 is 1.35 bits per heavy atom. The molecule has 0 radical (unpaired) electrons. The topological polar surface area (TPSA) is 64.7 Å². The van der Waals surface area contributed by atoms with Gasteiger partial charge in [0.25, 0.3) is 0 Å². The second kappa shape index (κ2) is 14.0. The number of hydrogen-bond acceptors (Lipinski definition) is 4. The molecule has 0 atom stereocenters. The van der Waals surface area contributed by atoms with E-state index in [-0.39, 0.29) is 0 Å². The maximum Gasteiger partial charge on any atom is 0.654 e. The van der Waals surface area contributed by atoms with E-state index in [4.69, 9.17) is 15.6 Å². The molecule has 0 spiro atoms. The van der Waals surface area contributed by atoms with E-state index in [0.717, 1.165) is 12.8 Å². The van der Waals surface area contributed by atoms with Crippen LogP contribution in [0, 0.1) is 0 Å². The molecule has 0 heterocycles. The molecule has 4 nitrogen and oxygen atoms in total. The van der Waals surface area contributed by atoms with Crippen LogP contribution in [0.1, 0.15) is 71.1 Å². The SMILES string of the molecule is CCCCCCCCCCCCOB(O)ON. The predicted octanol–water partition coefficient (Wildman–Crippen LogP) is 2.79. The lowest BCUT2D eigenvalue weighted by Gasteiger charge is -2.05. The maximum absolute atomic E-state index is 8.83. The summed E-state index contributed by atoms with van der Waals surface area (Å²) in [5, 5.41) is 8.83. The fourth-order valence-corrected chi connectivity index (χ4v) is 1.81. The molecule has 0 bridgehead atoms. The number of nitrogens with two attached hydrogens (primary N) is 1. The molecule has 102 valence electrons. The normalized spacial score (nSPS) is 10.8. The molecule has 0 saturated carbocycles. The first-order valence-electron chi connectivity index (χ1n) is 6.96. The highest BCUT2D eigenvalue weighted by atomic mass is 16.7. The third kappa shape index (κ3) is 13.8. The van der Waals surface area contributed by atoms with Gasteiger partial charge in [0.05, 0.1) is 0 Å². The van der Waals surface area contributed by atoms with E-state index in [1.54, 1.807) is 0 Å². The molecule has 0 amide bonds. The van der Waals surface area contributed by atoms with Gasteiger partial charge in [0.2, 0.25) is 0 Å². The van der Waals surface area contributed by atoms with Crippen LogP contribution in [0.5, 0.6) is 0 Å². The summed E-state index contributed by atoms with van der Waals surface area (Å²) in [4.78, 5) is 0. The molecule has 0 fully saturated rings. The number of rotatable bonds is 13. The van der Waals surface area contributed by atoms with Crippen LogP contribution in [0.15, 0.2) is 0 Å². The van der Waals surface area contributed by atoms with Gasteiger partial charge in [-0.1, -0.05) is 64.7 Å². The Morgan fingerprint density at radius 3 is 1.82 bits per heavy atom. The summed E-state index contributed by atoms with van der Waals surface area (Å²) < 4.78 is 8.95. The minimum atomic E-state index is -1.27. The third-order valence-electron chi connectivity index (χ3n) is 2.87. The number of hydrogen-bond donors (Lipinski definition) is 2. The zero-order valence-corrected chi connectivity index (χ0v) is 11.2. The molecule has 0 unspecified atom stereocenters. The summed E-state index contributed by atoms with van der Waals surface area (Å²) in [6.07, 6.45) is 12.8. The van der Waals surface area contributed by atoms with Gasteiger partial charge in [0, 0.05) is 6.61 Å². The molecule has 0 aromatic rings. The summed E-state index contributed by atoms with van der Waals surface area (Å²) in [7, 11) is -1.27. The highest BCUT2D eigenvalue weighted by Crippen LogP contribution is 2.10. The highest BCUT2D eigenvalue weighted by Gasteiger charge is 2.12. The van der Waals surface area contributed by atoms with Gasteiger partial charge in [-0.3, -0.25) is 0 Å². The van der Waals surface area contributed by atoms with Crippen LogP contribution in [-0.4, -0.2) is 19.0 Å². The molecule has 0 aliphatic heterocycles. The van der Waals surface area contributed by atoms with E-state index in [0.29, 0.717) is 6.61 Å². The van der Waals surface area contributed by atoms with Crippen LogP contribution in [0.2, 0.25) is 0 Å². The average molecular weight is 245 g/mol. The molecule has 17 heavy (non-hydrogen) atoms. The van der Waals surface area contributed by atoms with Crippen molar-refractivity contribution in [3.05, 3.63) is 0 Å². The van der Waals surface area contributed by atoms with Crippen molar-refractivity contribution < 1.29 is 14.4 Å². The summed E-state index contributed by atoms with van der Waals surface area (Å²) in [6, 6.07) is 0. The van der Waals surface area contributed by atoms with Gasteiger partial charge in [-0.05, 0) is 6.42 Å². The van der Waals surface area contributed by atoms with E-state index in [9.17, 15) is 0 Å². The second-order valence-electron chi connectivity index (χ2n) is 4.50. The zero-order chi connectivity index (χ0) is 12.8. The predicted molar refractivity (Wildman–Crippen MR) is 71.0 cm³/mol. The standard InChI is InChI=1S/C12H28BNO3/c1-2-3-4-5-6-7-8-9-10-11-12-16-13(15)17-14/h15H,2-12,14H2,1H3. The van der Waals surface area contributed by atoms with Gasteiger partial charge in [0.1, 0.15) is 0 Å². The van der Waals surface area contributed by atoms with E-state index in [1.165, 1.54) is 51.4 Å². The fraction of sp³-hybridized carbons (Fsp3) is 1.00. The molecule has 3 N–H and O–H groups in total. The van der Waals surface area contributed by atoms with Crippen LogP contribution >= 0.6 is 0 Å². The van der Waals surface area contributed by atoms with Crippen LogP contribution < -0.4 is 5.90 Å². The van der Waals surface area contributed by atoms with Crippen LogP contribution in [0.3, 0.4) is 0 Å². The van der Waals surface area contributed by atoms with Crippen molar-refractivity contribution in [2.75, 3.05) is 6.61 Å². The van der Waals surface area contributed by atoms with Crippen LogP contribution in [-0.2, 0) is 9.41 Å². The Bertz CT molecular complexity index is 150. The molecule has 0 aliphatic rings. The quantitative estimate of drug-likeness (QED) is 0.297. The Balaban J connectivity index is 2.94. The van der Waals surface area contributed by atoms with Gasteiger partial charge in [0.15, 0.2) is 0 Å². The summed E-state index contributed by atoms with van der Waals surface area (Å²) in [6.45, 7) is 2.75. The molecule has 5 heteroatoms. The first kappa shape index (κ1) is 16.9. The van der Waals surface area contributed by atoms with Gasteiger partial charge in [-0.25, -0.2) is 5.90 Å². The minimum absolute atomic E-state index is 0.509. The molecule has 0 aromatic carbocycles. The Kier molecular flexibility index (Phi) is 13.9. The first-order valence-corrected chi connectivity index (χ1v) is 6.96. The lowest BCUT2D eigenvalue weighted by Crippen LogP contribution is -2.26. The third-order valence-corrected chi connectivity index (χ3v) is 2.87. The van der Waals surface area contributed by atoms with Crippen molar-refractivity contribution >= 4 is 7.32 Å². The van der Waals surface area contributed by atoms with Gasteiger partial charge in [-0.2, -0.15) is 0 Å². The van der Waals surface area contributed by atoms with Crippen molar-refractivity contribution in [3.63, 3.8) is 0 Å². The number of unbranched alkanes of at least 4 members (excludes halogenated alkanes) is 9. The van der Waals surface area contributed by atoms with Crippen molar-refractivity contribution in [3.8, 4) is 0 Å². The Labute approximate surface area is 106 Å². The van der Waals surface area contributed by atoms with Crippen LogP contribution in [0.25, 0.3) is 0 Å². The van der Waals surface area contributed by atoms with Crippen molar-refractivity contribution in [1.82, 2.24) is 0 Å². The van der Waals surface area contributed by atoms with Crippen molar-refractivity contribution in [2.24, 2.45) is 5.90 Å². The van der Waals surface area contributed by atoms with Crippen LogP contribution in [0.4, 0.5) is 0 Å². The lowest BCUT2D eigenvalue weighted by molar-refractivity contribution is 0.132. The molecular formula is C12H28BNO3. The largest absolute Gasteiger partial charge is 0.654 e. The molecule has 0 rings (SSSR count). The van der Waals surface area contributed by atoms with Gasteiger partial charge >= 0.3 is 7.32 Å². The van der Waals surface area contributed by atoms with Gasteiger partial charge in [-0.15, -0.1) is 0 Å². The zero-order valence-electron chi connectivity index (χ0n) is 11.2. The summed E-state index contributed by atoms with van der Waals surface area (Å²) in [5.74, 6) is 4.73. The van der Waals surface area contributed by atoms with E-state index < -0.39 is 7.32 Å². The maximum atomic E-state index is 8.83. The minimum Gasteiger partial charge on any atom is -0.401 e. The lowest BCUT2D eigenvalue weighted by atomic mass is 10.1. The van der Waals surface area contributed by atoms with E-state index >= 15 is 0 Å². The first-order chi connectivity index (χ1) is 8.31. The summed E-state index contributed by atoms with van der Waals surface area (Å²) in [5.41, 5.74) is 0. The molecule has 0 aromatic heterocycles.